The molecule has 0 unspecified atom stereocenters. The fourth-order valence-electron chi connectivity index (χ4n) is 2.95. The monoisotopic (exact) mass is 397 g/mol. The van der Waals surface area contributed by atoms with Crippen LogP contribution in [0.1, 0.15) is 20.8 Å². The lowest BCUT2D eigenvalue weighted by Gasteiger charge is -2.17. The van der Waals surface area contributed by atoms with Crippen LogP contribution >= 0.6 is 0 Å². The number of hydrogen-bond donors (Lipinski definition) is 2. The van der Waals surface area contributed by atoms with Crippen LogP contribution in [0.5, 0.6) is 17.2 Å². The first-order valence-electron chi connectivity index (χ1n) is 8.83. The molecule has 0 saturated heterocycles. The first-order chi connectivity index (χ1) is 13.9. The second kappa shape index (κ2) is 8.14. The smallest absolute Gasteiger partial charge is 0.272 e. The zero-order valence-electron chi connectivity index (χ0n) is 17.0. The third-order valence-corrected chi connectivity index (χ3v) is 4.48. The van der Waals surface area contributed by atoms with Gasteiger partial charge in [0.2, 0.25) is 0 Å². The van der Waals surface area contributed by atoms with Crippen LogP contribution in [0, 0.1) is 0 Å². The van der Waals surface area contributed by atoms with E-state index in [2.05, 4.69) is 10.3 Å². The van der Waals surface area contributed by atoms with Gasteiger partial charge in [0.1, 0.15) is 11.4 Å². The minimum atomic E-state index is -0.389. The largest absolute Gasteiger partial charge is 0.497 e. The van der Waals surface area contributed by atoms with Crippen molar-refractivity contribution < 1.29 is 23.8 Å². The summed E-state index contributed by atoms with van der Waals surface area (Å²) in [6, 6.07) is 10.3. The summed E-state index contributed by atoms with van der Waals surface area (Å²) in [5.41, 5.74) is 1.74. The molecule has 0 aliphatic carbocycles. The van der Waals surface area contributed by atoms with E-state index < -0.39 is 0 Å². The highest BCUT2D eigenvalue weighted by atomic mass is 16.5. The minimum Gasteiger partial charge on any atom is -0.497 e. The summed E-state index contributed by atoms with van der Waals surface area (Å²) in [7, 11) is 7.82. The number of anilines is 1. The maximum absolute atomic E-state index is 12.9. The summed E-state index contributed by atoms with van der Waals surface area (Å²) in [6.07, 6.45) is 0. The fourth-order valence-corrected chi connectivity index (χ4v) is 2.95. The Morgan fingerprint density at radius 3 is 2.24 bits per heavy atom. The minimum absolute atomic E-state index is 0.275. The van der Waals surface area contributed by atoms with Crippen LogP contribution < -0.4 is 19.5 Å². The van der Waals surface area contributed by atoms with Crippen molar-refractivity contribution in [2.24, 2.45) is 0 Å². The third kappa shape index (κ3) is 3.96. The first-order valence-corrected chi connectivity index (χ1v) is 8.83. The maximum Gasteiger partial charge on any atom is 0.272 e. The van der Waals surface area contributed by atoms with Gasteiger partial charge in [-0.05, 0) is 24.3 Å². The normalized spacial score (nSPS) is 10.5. The molecule has 3 aromatic rings. The Bertz CT molecular complexity index is 1070. The Hall–Kier alpha value is -3.68. The first kappa shape index (κ1) is 20.1. The lowest BCUT2D eigenvalue weighted by atomic mass is 10.1. The van der Waals surface area contributed by atoms with Gasteiger partial charge in [-0.1, -0.05) is 0 Å². The molecular weight excluding hydrogens is 374 g/mol. The average molecular weight is 397 g/mol. The molecule has 8 heteroatoms. The number of fused-ring (bicyclic) bond motifs is 1. The molecule has 0 radical (unpaired) electrons. The van der Waals surface area contributed by atoms with E-state index in [4.69, 9.17) is 14.2 Å². The number of nitrogens with one attached hydrogen (secondary N) is 2. The molecule has 0 fully saturated rings. The second-order valence-corrected chi connectivity index (χ2v) is 6.54. The summed E-state index contributed by atoms with van der Waals surface area (Å²) in [4.78, 5) is 30.0. The van der Waals surface area contributed by atoms with Gasteiger partial charge in [-0.15, -0.1) is 0 Å². The van der Waals surface area contributed by atoms with Gasteiger partial charge in [-0.3, -0.25) is 9.59 Å². The van der Waals surface area contributed by atoms with E-state index >= 15 is 0 Å². The summed E-state index contributed by atoms with van der Waals surface area (Å²) < 4.78 is 15.8. The Balaban J connectivity index is 1.99. The molecule has 2 amide bonds. The third-order valence-electron chi connectivity index (χ3n) is 4.48. The molecule has 8 nitrogen and oxygen atoms in total. The van der Waals surface area contributed by atoms with Crippen LogP contribution in [0.4, 0.5) is 5.69 Å². The van der Waals surface area contributed by atoms with Crippen molar-refractivity contribution in [3.05, 3.63) is 47.7 Å². The van der Waals surface area contributed by atoms with Crippen molar-refractivity contribution in [2.75, 3.05) is 40.7 Å². The van der Waals surface area contributed by atoms with E-state index in [1.165, 1.54) is 19.1 Å². The number of amides is 2. The van der Waals surface area contributed by atoms with Gasteiger partial charge in [-0.25, -0.2) is 0 Å². The Kier molecular flexibility index (Phi) is 5.63. The van der Waals surface area contributed by atoms with Gasteiger partial charge in [-0.2, -0.15) is 0 Å². The highest BCUT2D eigenvalue weighted by molar-refractivity contribution is 6.10. The molecule has 0 atom stereocenters. The van der Waals surface area contributed by atoms with Crippen LogP contribution in [-0.2, 0) is 0 Å². The van der Waals surface area contributed by atoms with E-state index in [0.717, 1.165) is 10.9 Å². The summed E-state index contributed by atoms with van der Waals surface area (Å²) >= 11 is 0. The maximum atomic E-state index is 12.9. The molecule has 3 rings (SSSR count). The Morgan fingerprint density at radius 2 is 1.62 bits per heavy atom. The zero-order chi connectivity index (χ0) is 21.1. The highest BCUT2D eigenvalue weighted by Crippen LogP contribution is 2.34. The lowest BCUT2D eigenvalue weighted by molar-refractivity contribution is 0.0828. The summed E-state index contributed by atoms with van der Waals surface area (Å²) in [5.74, 6) is 0.820. The van der Waals surface area contributed by atoms with Gasteiger partial charge in [0.05, 0.1) is 32.6 Å². The molecule has 0 saturated carbocycles. The number of aromatic amines is 1. The zero-order valence-corrected chi connectivity index (χ0v) is 17.0. The van der Waals surface area contributed by atoms with Crippen LogP contribution in [0.2, 0.25) is 0 Å². The second-order valence-electron chi connectivity index (χ2n) is 6.54. The number of aromatic nitrogens is 1. The van der Waals surface area contributed by atoms with E-state index in [1.54, 1.807) is 39.4 Å². The molecule has 0 aliphatic heterocycles. The predicted molar refractivity (Wildman–Crippen MR) is 110 cm³/mol. The SMILES string of the molecule is COc1ccc2cc(C(=O)Nc3cc(OC)c(OC)cc3C(=O)N(C)C)[nH]c2c1. The van der Waals surface area contributed by atoms with Crippen molar-refractivity contribution in [2.45, 2.75) is 0 Å². The number of carbonyl (C=O) groups excluding carboxylic acids is 2. The number of carbonyl (C=O) groups is 2. The molecule has 0 bridgehead atoms. The highest BCUT2D eigenvalue weighted by Gasteiger charge is 2.21. The summed E-state index contributed by atoms with van der Waals surface area (Å²) in [5, 5.41) is 3.66. The van der Waals surface area contributed by atoms with Crippen LogP contribution in [-0.4, -0.2) is 57.1 Å². The molecule has 152 valence electrons. The van der Waals surface area contributed by atoms with Crippen molar-refractivity contribution in [1.82, 2.24) is 9.88 Å². The van der Waals surface area contributed by atoms with Crippen LogP contribution in [0.3, 0.4) is 0 Å². The number of H-pyrrole nitrogens is 1. The Labute approximate surface area is 168 Å². The van der Waals surface area contributed by atoms with Crippen LogP contribution in [0.25, 0.3) is 10.9 Å². The number of ether oxygens (including phenoxy) is 3. The van der Waals surface area contributed by atoms with E-state index in [9.17, 15) is 9.59 Å². The number of rotatable bonds is 6. The van der Waals surface area contributed by atoms with Gasteiger partial charge in [0.25, 0.3) is 11.8 Å². The van der Waals surface area contributed by atoms with E-state index in [0.29, 0.717) is 34.2 Å². The summed E-state index contributed by atoms with van der Waals surface area (Å²) in [6.45, 7) is 0. The topological polar surface area (TPSA) is 92.9 Å². The average Bonchev–Trinajstić information content (AvgIpc) is 3.16. The molecule has 1 heterocycles. The quantitative estimate of drug-likeness (QED) is 0.667. The standard InChI is InChI=1S/C21H23N3O5/c1-24(2)21(26)14-10-18(28-4)19(29-5)11-16(14)23-20(25)17-8-12-6-7-13(27-3)9-15(12)22-17/h6-11,22H,1-5H3,(H,23,25). The fraction of sp³-hybridized carbons (Fsp3) is 0.238. The number of benzene rings is 2. The van der Waals surface area contributed by atoms with Gasteiger partial charge in [0, 0.05) is 37.1 Å². The van der Waals surface area contributed by atoms with Crippen LogP contribution in [0.15, 0.2) is 36.4 Å². The van der Waals surface area contributed by atoms with Crippen molar-refractivity contribution >= 4 is 28.4 Å². The molecule has 0 spiro atoms. The van der Waals surface area contributed by atoms with Crippen molar-refractivity contribution in [3.8, 4) is 17.2 Å². The molecule has 2 N–H and O–H groups in total. The molecule has 0 aliphatic rings. The van der Waals surface area contributed by atoms with E-state index in [-0.39, 0.29) is 11.8 Å². The van der Waals surface area contributed by atoms with E-state index in [1.807, 2.05) is 18.2 Å². The van der Waals surface area contributed by atoms with Gasteiger partial charge >= 0.3 is 0 Å². The van der Waals surface area contributed by atoms with Crippen molar-refractivity contribution in [1.29, 1.82) is 0 Å². The molecule has 2 aromatic carbocycles. The predicted octanol–water partition coefficient (Wildman–Crippen LogP) is 3.15. The molecular formula is C21H23N3O5. The molecule has 29 heavy (non-hydrogen) atoms. The van der Waals surface area contributed by atoms with Crippen molar-refractivity contribution in [3.63, 3.8) is 0 Å². The molecule has 1 aromatic heterocycles. The number of methoxy groups -OCH3 is 3. The number of nitrogens with zero attached hydrogens (tertiary/aromatic N) is 1. The number of hydrogen-bond acceptors (Lipinski definition) is 5. The van der Waals surface area contributed by atoms with Gasteiger partial charge < -0.3 is 29.4 Å². The van der Waals surface area contributed by atoms with Gasteiger partial charge in [0.15, 0.2) is 11.5 Å². The lowest BCUT2D eigenvalue weighted by Crippen LogP contribution is -2.24. The Morgan fingerprint density at radius 1 is 0.931 bits per heavy atom.